The minimum absolute atomic E-state index is 0.526. The molecule has 0 radical (unpaired) electrons. The standard InChI is InChI=1S/C23H21N5O3S/c1-29-20-11-16(12-21(30-2)22(20)31-3)19-15-32-23(27-18-8-6-9-24-13-18)28(19)26-14-17-7-4-5-10-25-17/h4-15H,1-3H3. The van der Waals surface area contributed by atoms with Gasteiger partial charge in [0.1, 0.15) is 0 Å². The van der Waals surface area contributed by atoms with Gasteiger partial charge in [0.15, 0.2) is 11.5 Å². The molecular formula is C23H21N5O3S. The number of thiazole rings is 1. The van der Waals surface area contributed by atoms with Crippen molar-refractivity contribution in [2.75, 3.05) is 21.3 Å². The van der Waals surface area contributed by atoms with E-state index in [1.165, 1.54) is 11.3 Å². The zero-order chi connectivity index (χ0) is 22.3. The van der Waals surface area contributed by atoms with Crippen LogP contribution in [0.4, 0.5) is 5.69 Å². The summed E-state index contributed by atoms with van der Waals surface area (Å²) in [7, 11) is 4.75. The van der Waals surface area contributed by atoms with Crippen molar-refractivity contribution in [2.45, 2.75) is 0 Å². The fraction of sp³-hybridized carbons (Fsp3) is 0.130. The molecule has 0 fully saturated rings. The van der Waals surface area contributed by atoms with Gasteiger partial charge in [-0.3, -0.25) is 9.97 Å². The van der Waals surface area contributed by atoms with Crippen molar-refractivity contribution in [3.63, 3.8) is 0 Å². The third-order valence-corrected chi connectivity index (χ3v) is 5.33. The van der Waals surface area contributed by atoms with E-state index >= 15 is 0 Å². The molecule has 0 amide bonds. The topological polar surface area (TPSA) is 83.1 Å². The predicted octanol–water partition coefficient (Wildman–Crippen LogP) is 4.15. The summed E-state index contributed by atoms with van der Waals surface area (Å²) in [4.78, 5) is 13.8. The van der Waals surface area contributed by atoms with Gasteiger partial charge in [-0.1, -0.05) is 6.07 Å². The van der Waals surface area contributed by atoms with E-state index in [2.05, 4.69) is 15.1 Å². The summed E-state index contributed by atoms with van der Waals surface area (Å²) in [6, 6.07) is 13.1. The maximum absolute atomic E-state index is 5.52. The molecule has 0 spiro atoms. The smallest absolute Gasteiger partial charge is 0.211 e. The Balaban J connectivity index is 1.90. The summed E-state index contributed by atoms with van der Waals surface area (Å²) in [6.45, 7) is 0. The highest BCUT2D eigenvalue weighted by molar-refractivity contribution is 7.07. The van der Waals surface area contributed by atoms with Gasteiger partial charge in [-0.15, -0.1) is 11.3 Å². The molecule has 0 aliphatic rings. The lowest BCUT2D eigenvalue weighted by atomic mass is 10.1. The molecule has 0 saturated heterocycles. The first-order chi connectivity index (χ1) is 15.7. The molecule has 0 N–H and O–H groups in total. The maximum atomic E-state index is 5.52. The van der Waals surface area contributed by atoms with Crippen LogP contribution < -0.4 is 19.0 Å². The second kappa shape index (κ2) is 9.88. The average molecular weight is 448 g/mol. The monoisotopic (exact) mass is 447 g/mol. The normalized spacial score (nSPS) is 11.7. The Bertz CT molecular complexity index is 1260. The van der Waals surface area contributed by atoms with Crippen molar-refractivity contribution < 1.29 is 14.2 Å². The minimum atomic E-state index is 0.526. The number of methoxy groups -OCH3 is 3. The second-order valence-electron chi connectivity index (χ2n) is 6.45. The Labute approximate surface area is 189 Å². The van der Waals surface area contributed by atoms with Crippen molar-refractivity contribution in [1.29, 1.82) is 0 Å². The van der Waals surface area contributed by atoms with Crippen LogP contribution in [0.5, 0.6) is 17.2 Å². The molecule has 3 aromatic heterocycles. The summed E-state index contributed by atoms with van der Waals surface area (Å²) in [5.74, 6) is 1.64. The van der Waals surface area contributed by atoms with Gasteiger partial charge in [-0.05, 0) is 36.4 Å². The van der Waals surface area contributed by atoms with E-state index in [9.17, 15) is 0 Å². The Hall–Kier alpha value is -3.98. The van der Waals surface area contributed by atoms with Crippen LogP contribution in [0.15, 0.2) is 76.5 Å². The third kappa shape index (κ3) is 4.52. The van der Waals surface area contributed by atoms with Crippen LogP contribution in [0.1, 0.15) is 5.69 Å². The molecule has 8 nitrogen and oxygen atoms in total. The maximum Gasteiger partial charge on any atom is 0.211 e. The molecule has 1 aromatic carbocycles. The van der Waals surface area contributed by atoms with Gasteiger partial charge in [0, 0.05) is 23.3 Å². The lowest BCUT2D eigenvalue weighted by Gasteiger charge is -2.14. The zero-order valence-corrected chi connectivity index (χ0v) is 18.6. The molecule has 4 aromatic rings. The predicted molar refractivity (Wildman–Crippen MR) is 124 cm³/mol. The van der Waals surface area contributed by atoms with Crippen LogP contribution in [-0.2, 0) is 0 Å². The van der Waals surface area contributed by atoms with Gasteiger partial charge in [-0.2, -0.15) is 5.10 Å². The van der Waals surface area contributed by atoms with Gasteiger partial charge in [-0.25, -0.2) is 9.67 Å². The summed E-state index contributed by atoms with van der Waals surface area (Å²) in [5, 5.41) is 6.65. The van der Waals surface area contributed by atoms with Crippen LogP contribution in [-0.4, -0.2) is 42.2 Å². The van der Waals surface area contributed by atoms with E-state index in [1.54, 1.807) is 50.8 Å². The van der Waals surface area contributed by atoms with Crippen LogP contribution in [0.3, 0.4) is 0 Å². The summed E-state index contributed by atoms with van der Waals surface area (Å²) < 4.78 is 18.3. The number of hydrogen-bond donors (Lipinski definition) is 0. The molecule has 0 aliphatic carbocycles. The average Bonchev–Trinajstić information content (AvgIpc) is 3.25. The van der Waals surface area contributed by atoms with Crippen molar-refractivity contribution in [2.24, 2.45) is 10.1 Å². The van der Waals surface area contributed by atoms with Gasteiger partial charge in [0.2, 0.25) is 10.6 Å². The van der Waals surface area contributed by atoms with E-state index in [-0.39, 0.29) is 0 Å². The van der Waals surface area contributed by atoms with Crippen molar-refractivity contribution in [3.05, 3.63) is 76.9 Å². The first-order valence-corrected chi connectivity index (χ1v) is 10.5. The first kappa shape index (κ1) is 21.3. The molecule has 9 heteroatoms. The second-order valence-corrected chi connectivity index (χ2v) is 7.29. The zero-order valence-electron chi connectivity index (χ0n) is 17.8. The van der Waals surface area contributed by atoms with Gasteiger partial charge in [0.25, 0.3) is 0 Å². The van der Waals surface area contributed by atoms with E-state index in [0.29, 0.717) is 22.0 Å². The van der Waals surface area contributed by atoms with Crippen LogP contribution in [0, 0.1) is 0 Å². The van der Waals surface area contributed by atoms with Gasteiger partial charge >= 0.3 is 0 Å². The molecule has 4 rings (SSSR count). The summed E-state index contributed by atoms with van der Waals surface area (Å²) in [6.07, 6.45) is 6.82. The number of nitrogens with zero attached hydrogens (tertiary/aromatic N) is 5. The number of benzene rings is 1. The highest BCUT2D eigenvalue weighted by Crippen LogP contribution is 2.41. The van der Waals surface area contributed by atoms with E-state index in [4.69, 9.17) is 19.2 Å². The number of pyridine rings is 2. The SMILES string of the molecule is COc1cc(-c2csc(=Nc3cccnc3)n2N=Cc2ccccn2)cc(OC)c1OC. The molecule has 3 heterocycles. The lowest BCUT2D eigenvalue weighted by molar-refractivity contribution is 0.324. The number of rotatable bonds is 7. The highest BCUT2D eigenvalue weighted by Gasteiger charge is 2.17. The Morgan fingerprint density at radius 2 is 1.78 bits per heavy atom. The Morgan fingerprint density at radius 3 is 2.41 bits per heavy atom. The van der Waals surface area contributed by atoms with Crippen molar-refractivity contribution in [3.8, 4) is 28.5 Å². The molecule has 0 unspecified atom stereocenters. The molecule has 0 bridgehead atoms. The fourth-order valence-electron chi connectivity index (χ4n) is 3.02. The largest absolute Gasteiger partial charge is 0.493 e. The number of ether oxygens (including phenoxy) is 3. The highest BCUT2D eigenvalue weighted by atomic mass is 32.1. The van der Waals surface area contributed by atoms with Gasteiger partial charge < -0.3 is 14.2 Å². The Kier molecular flexibility index (Phi) is 6.57. The first-order valence-electron chi connectivity index (χ1n) is 9.64. The summed E-state index contributed by atoms with van der Waals surface area (Å²) >= 11 is 1.46. The molecule has 0 atom stereocenters. The molecule has 0 aliphatic heterocycles. The van der Waals surface area contributed by atoms with E-state index in [1.807, 2.05) is 47.8 Å². The van der Waals surface area contributed by atoms with Crippen LogP contribution >= 0.6 is 11.3 Å². The molecular weight excluding hydrogens is 426 g/mol. The van der Waals surface area contributed by atoms with Crippen molar-refractivity contribution >= 4 is 23.2 Å². The Morgan fingerprint density at radius 1 is 0.969 bits per heavy atom. The van der Waals surface area contributed by atoms with Gasteiger partial charge in [0.05, 0.1) is 50.8 Å². The molecule has 0 saturated carbocycles. The van der Waals surface area contributed by atoms with Crippen LogP contribution in [0.2, 0.25) is 0 Å². The van der Waals surface area contributed by atoms with Crippen LogP contribution in [0.25, 0.3) is 11.3 Å². The number of aromatic nitrogens is 3. The quantitative estimate of drug-likeness (QED) is 0.398. The fourth-order valence-corrected chi connectivity index (χ4v) is 3.87. The lowest BCUT2D eigenvalue weighted by Crippen LogP contribution is -2.12. The number of hydrogen-bond acceptors (Lipinski definition) is 8. The van der Waals surface area contributed by atoms with E-state index in [0.717, 1.165) is 22.6 Å². The van der Waals surface area contributed by atoms with Crippen molar-refractivity contribution in [1.82, 2.24) is 14.6 Å². The van der Waals surface area contributed by atoms with E-state index < -0.39 is 0 Å². The molecule has 162 valence electrons. The minimum Gasteiger partial charge on any atom is -0.493 e. The molecule has 32 heavy (non-hydrogen) atoms. The third-order valence-electron chi connectivity index (χ3n) is 4.51. The summed E-state index contributed by atoms with van der Waals surface area (Å²) in [5.41, 5.74) is 3.10.